The van der Waals surface area contributed by atoms with Crippen LogP contribution in [0.2, 0.25) is 0 Å². The molecule has 0 heterocycles. The van der Waals surface area contributed by atoms with Gasteiger partial charge in [-0.25, -0.2) is 8.78 Å². The first-order chi connectivity index (χ1) is 7.16. The van der Waals surface area contributed by atoms with Crippen LogP contribution in [0, 0.1) is 0 Å². The van der Waals surface area contributed by atoms with Crippen molar-refractivity contribution >= 4 is 0 Å². The van der Waals surface area contributed by atoms with Crippen molar-refractivity contribution in [1.29, 1.82) is 0 Å². The zero-order chi connectivity index (χ0) is 10.8. The van der Waals surface area contributed by atoms with Crippen molar-refractivity contribution in [2.75, 3.05) is 6.61 Å². The lowest BCUT2D eigenvalue weighted by molar-refractivity contribution is 0.0818. The molecule has 0 aliphatic heterocycles. The Morgan fingerprint density at radius 2 is 2.27 bits per heavy atom. The maximum atomic E-state index is 11.9. The molecule has 15 heavy (non-hydrogen) atoms. The molecular weight excluding hydrogens is 202 g/mol. The number of ether oxygens (including phenoxy) is 1. The summed E-state index contributed by atoms with van der Waals surface area (Å²) in [5, 5.41) is 9.53. The van der Waals surface area contributed by atoms with Crippen molar-refractivity contribution < 1.29 is 18.6 Å². The summed E-state index contributed by atoms with van der Waals surface area (Å²) in [6.07, 6.45) is -1.39. The van der Waals surface area contributed by atoms with E-state index in [-0.39, 0.29) is 0 Å². The minimum atomic E-state index is -2.45. The molecule has 0 saturated heterocycles. The Morgan fingerprint density at radius 1 is 1.47 bits per heavy atom. The van der Waals surface area contributed by atoms with Gasteiger partial charge < -0.3 is 9.84 Å². The molecule has 0 amide bonds. The van der Waals surface area contributed by atoms with Crippen molar-refractivity contribution in [1.82, 2.24) is 0 Å². The minimum Gasteiger partial charge on any atom is -0.488 e. The third kappa shape index (κ3) is 2.26. The molecule has 1 aromatic carbocycles. The first-order valence-electron chi connectivity index (χ1n) is 4.88. The molecule has 0 spiro atoms. The van der Waals surface area contributed by atoms with Crippen LogP contribution in [-0.2, 0) is 6.42 Å². The normalized spacial score (nSPS) is 19.3. The molecular formula is C11H12F2O2. The molecule has 4 heteroatoms. The summed E-state index contributed by atoms with van der Waals surface area (Å²) >= 11 is 0. The van der Waals surface area contributed by atoms with E-state index in [9.17, 15) is 13.9 Å². The Kier molecular flexibility index (Phi) is 2.86. The lowest BCUT2D eigenvalue weighted by Crippen LogP contribution is -2.07. The topological polar surface area (TPSA) is 29.5 Å². The van der Waals surface area contributed by atoms with Gasteiger partial charge in [-0.05, 0) is 36.1 Å². The van der Waals surface area contributed by atoms with Gasteiger partial charge in [0.1, 0.15) is 12.4 Å². The maximum absolute atomic E-state index is 11.9. The Labute approximate surface area is 86.5 Å². The summed E-state index contributed by atoms with van der Waals surface area (Å²) in [6, 6.07) is 5.09. The van der Waals surface area contributed by atoms with E-state index in [1.165, 1.54) is 0 Å². The highest BCUT2D eigenvalue weighted by Gasteiger charge is 2.20. The van der Waals surface area contributed by atoms with Gasteiger partial charge in [0.25, 0.3) is 6.43 Å². The van der Waals surface area contributed by atoms with Crippen LogP contribution >= 0.6 is 0 Å². The number of hydrogen-bond acceptors (Lipinski definition) is 2. The Morgan fingerprint density at radius 3 is 3.00 bits per heavy atom. The predicted octanol–water partition coefficient (Wildman–Crippen LogP) is 2.31. The van der Waals surface area contributed by atoms with Gasteiger partial charge in [-0.15, -0.1) is 0 Å². The lowest BCUT2D eigenvalue weighted by Gasteiger charge is -2.08. The summed E-state index contributed by atoms with van der Waals surface area (Å²) < 4.78 is 28.7. The van der Waals surface area contributed by atoms with Crippen molar-refractivity contribution in [3.05, 3.63) is 29.3 Å². The number of benzene rings is 1. The predicted molar refractivity (Wildman–Crippen MR) is 51.2 cm³/mol. The Bertz CT molecular complexity index is 352. The highest BCUT2D eigenvalue weighted by molar-refractivity contribution is 5.39. The van der Waals surface area contributed by atoms with E-state index in [2.05, 4.69) is 0 Å². The standard InChI is InChI=1S/C11H12F2O2/c12-11(13)6-15-8-2-3-9-7(5-8)1-4-10(9)14/h2-3,5,10-11,14H,1,4,6H2. The summed E-state index contributed by atoms with van der Waals surface area (Å²) in [6.45, 7) is -0.582. The molecule has 0 saturated carbocycles. The molecule has 0 bridgehead atoms. The Hall–Kier alpha value is -1.16. The Balaban J connectivity index is 2.09. The number of halogens is 2. The van der Waals surface area contributed by atoms with Gasteiger partial charge in [0.15, 0.2) is 0 Å². The fourth-order valence-electron chi connectivity index (χ4n) is 1.82. The van der Waals surface area contributed by atoms with E-state index in [4.69, 9.17) is 4.74 Å². The SMILES string of the molecule is OC1CCc2cc(OCC(F)F)ccc21. The van der Waals surface area contributed by atoms with Crippen molar-refractivity contribution in [3.63, 3.8) is 0 Å². The fraction of sp³-hybridized carbons (Fsp3) is 0.455. The first kappa shape index (κ1) is 10.4. The van der Waals surface area contributed by atoms with Crippen molar-refractivity contribution in [2.24, 2.45) is 0 Å². The van der Waals surface area contributed by atoms with Crippen LogP contribution in [-0.4, -0.2) is 18.1 Å². The average Bonchev–Trinajstić information content (AvgIpc) is 2.57. The quantitative estimate of drug-likeness (QED) is 0.836. The number of aliphatic hydroxyl groups excluding tert-OH is 1. The van der Waals surface area contributed by atoms with Gasteiger partial charge in [0.2, 0.25) is 0 Å². The lowest BCUT2D eigenvalue weighted by atomic mass is 10.1. The van der Waals surface area contributed by atoms with E-state index in [1.54, 1.807) is 18.2 Å². The number of fused-ring (bicyclic) bond motifs is 1. The number of rotatable bonds is 3. The molecule has 0 radical (unpaired) electrons. The largest absolute Gasteiger partial charge is 0.488 e. The molecule has 0 aromatic heterocycles. The van der Waals surface area contributed by atoms with E-state index in [0.29, 0.717) is 12.2 Å². The van der Waals surface area contributed by atoms with Gasteiger partial charge >= 0.3 is 0 Å². The van der Waals surface area contributed by atoms with Gasteiger partial charge in [-0.3, -0.25) is 0 Å². The fourth-order valence-corrected chi connectivity index (χ4v) is 1.82. The molecule has 1 unspecified atom stereocenters. The summed E-state index contributed by atoms with van der Waals surface area (Å²) in [5.74, 6) is 0.447. The molecule has 1 aliphatic carbocycles. The van der Waals surface area contributed by atoms with Crippen molar-refractivity contribution in [2.45, 2.75) is 25.4 Å². The zero-order valence-electron chi connectivity index (χ0n) is 8.12. The minimum absolute atomic E-state index is 0.413. The molecule has 1 N–H and O–H groups in total. The van der Waals surface area contributed by atoms with Gasteiger partial charge in [0.05, 0.1) is 6.10 Å². The second kappa shape index (κ2) is 4.14. The molecule has 0 fully saturated rings. The van der Waals surface area contributed by atoms with Crippen LogP contribution in [0.15, 0.2) is 18.2 Å². The van der Waals surface area contributed by atoms with Gasteiger partial charge in [-0.1, -0.05) is 6.07 Å². The number of aliphatic hydroxyl groups is 1. The monoisotopic (exact) mass is 214 g/mol. The van der Waals surface area contributed by atoms with Crippen LogP contribution < -0.4 is 4.74 Å². The molecule has 82 valence electrons. The second-order valence-corrected chi connectivity index (χ2v) is 3.62. The number of alkyl halides is 2. The van der Waals surface area contributed by atoms with E-state index in [0.717, 1.165) is 17.5 Å². The molecule has 2 rings (SSSR count). The first-order valence-corrected chi connectivity index (χ1v) is 4.88. The second-order valence-electron chi connectivity index (χ2n) is 3.62. The van der Waals surface area contributed by atoms with Crippen LogP contribution in [0.25, 0.3) is 0 Å². The summed E-state index contributed by atoms with van der Waals surface area (Å²) in [4.78, 5) is 0. The highest BCUT2D eigenvalue weighted by atomic mass is 19.3. The van der Waals surface area contributed by atoms with Crippen LogP contribution in [0.1, 0.15) is 23.7 Å². The molecule has 1 aliphatic rings. The van der Waals surface area contributed by atoms with Crippen molar-refractivity contribution in [3.8, 4) is 5.75 Å². The molecule has 1 aromatic rings. The zero-order valence-corrected chi connectivity index (χ0v) is 8.12. The van der Waals surface area contributed by atoms with Gasteiger partial charge in [0, 0.05) is 0 Å². The van der Waals surface area contributed by atoms with Crippen LogP contribution in [0.4, 0.5) is 8.78 Å². The third-order valence-electron chi connectivity index (χ3n) is 2.54. The summed E-state index contributed by atoms with van der Waals surface area (Å²) in [7, 11) is 0. The van der Waals surface area contributed by atoms with Crippen LogP contribution in [0.5, 0.6) is 5.75 Å². The molecule has 2 nitrogen and oxygen atoms in total. The highest BCUT2D eigenvalue weighted by Crippen LogP contribution is 2.33. The van der Waals surface area contributed by atoms with E-state index >= 15 is 0 Å². The van der Waals surface area contributed by atoms with E-state index in [1.807, 2.05) is 0 Å². The van der Waals surface area contributed by atoms with Crippen LogP contribution in [0.3, 0.4) is 0 Å². The average molecular weight is 214 g/mol. The van der Waals surface area contributed by atoms with Gasteiger partial charge in [-0.2, -0.15) is 0 Å². The number of hydrogen-bond donors (Lipinski definition) is 1. The van der Waals surface area contributed by atoms with E-state index < -0.39 is 19.1 Å². The third-order valence-corrected chi connectivity index (χ3v) is 2.54. The molecule has 1 atom stereocenters. The maximum Gasteiger partial charge on any atom is 0.272 e. The number of aryl methyl sites for hydroxylation is 1. The smallest absolute Gasteiger partial charge is 0.272 e. The summed E-state index contributed by atoms with van der Waals surface area (Å²) in [5.41, 5.74) is 1.88.